The van der Waals surface area contributed by atoms with Gasteiger partial charge >= 0.3 is 8.80 Å². The topological polar surface area (TPSA) is 58.2 Å². The van der Waals surface area contributed by atoms with E-state index < -0.39 is 8.80 Å². The highest BCUT2D eigenvalue weighted by Crippen LogP contribution is 2.14. The van der Waals surface area contributed by atoms with Gasteiger partial charge < -0.3 is 28.1 Å². The monoisotopic (exact) mass is 279 g/mol. The fraction of sp³-hybridized carbons (Fsp3) is 1.00. The number of ether oxygens (including phenoxy) is 2. The van der Waals surface area contributed by atoms with Crippen LogP contribution in [0, 0.1) is 0 Å². The van der Waals surface area contributed by atoms with Crippen LogP contribution in [0.5, 0.6) is 0 Å². The van der Waals surface area contributed by atoms with Crippen LogP contribution in [0.2, 0.25) is 6.04 Å². The van der Waals surface area contributed by atoms with Crippen molar-refractivity contribution >= 4 is 8.80 Å². The summed E-state index contributed by atoms with van der Waals surface area (Å²) in [6.45, 7) is 3.17. The van der Waals surface area contributed by atoms with E-state index in [0.29, 0.717) is 0 Å². The lowest BCUT2D eigenvalue weighted by Gasteiger charge is -2.25. The Bertz CT molecular complexity index is 201. The van der Waals surface area contributed by atoms with Crippen LogP contribution in [0.3, 0.4) is 0 Å². The van der Waals surface area contributed by atoms with Crippen LogP contribution >= 0.6 is 0 Å². The SMILES string of the molecule is CO[Si](CCCNCC1OCCCO1)(OC)OC. The molecule has 0 radical (unpaired) electrons. The molecule has 0 aromatic carbocycles. The molecule has 7 heteroatoms. The third-order valence-corrected chi connectivity index (χ3v) is 5.81. The largest absolute Gasteiger partial charge is 0.500 e. The second-order valence-electron chi connectivity index (χ2n) is 4.13. The quantitative estimate of drug-likeness (QED) is 0.493. The second-order valence-corrected chi connectivity index (χ2v) is 7.22. The summed E-state index contributed by atoms with van der Waals surface area (Å²) in [5.41, 5.74) is 0. The van der Waals surface area contributed by atoms with Crippen molar-refractivity contribution in [2.75, 3.05) is 47.6 Å². The molecule has 1 fully saturated rings. The summed E-state index contributed by atoms with van der Waals surface area (Å²) in [6.07, 6.45) is 1.82. The molecule has 0 atom stereocenters. The van der Waals surface area contributed by atoms with Gasteiger partial charge in [0.05, 0.1) is 13.2 Å². The summed E-state index contributed by atoms with van der Waals surface area (Å²) in [5.74, 6) is 0. The minimum absolute atomic E-state index is 0.104. The van der Waals surface area contributed by atoms with Gasteiger partial charge in [-0.3, -0.25) is 0 Å². The highest BCUT2D eigenvalue weighted by atomic mass is 28.4. The van der Waals surface area contributed by atoms with E-state index in [1.54, 1.807) is 21.3 Å². The number of rotatable bonds is 9. The van der Waals surface area contributed by atoms with Crippen molar-refractivity contribution < 1.29 is 22.8 Å². The lowest BCUT2D eigenvalue weighted by atomic mass is 10.4. The van der Waals surface area contributed by atoms with Crippen molar-refractivity contribution in [1.82, 2.24) is 5.32 Å². The maximum absolute atomic E-state index is 5.44. The molecule has 0 spiro atoms. The van der Waals surface area contributed by atoms with E-state index >= 15 is 0 Å². The molecular formula is C11H25NO5Si. The molecule has 1 aliphatic heterocycles. The fourth-order valence-electron chi connectivity index (χ4n) is 1.86. The van der Waals surface area contributed by atoms with Crippen LogP contribution in [-0.4, -0.2) is 62.7 Å². The van der Waals surface area contributed by atoms with Gasteiger partial charge in [-0.05, 0) is 19.4 Å². The molecule has 0 aromatic rings. The molecule has 0 aromatic heterocycles. The predicted octanol–water partition coefficient (Wildman–Crippen LogP) is 0.607. The highest BCUT2D eigenvalue weighted by Gasteiger charge is 2.36. The molecule has 6 nitrogen and oxygen atoms in total. The number of hydrogen-bond acceptors (Lipinski definition) is 6. The zero-order valence-corrected chi connectivity index (χ0v) is 12.6. The summed E-state index contributed by atoms with van der Waals surface area (Å²) in [4.78, 5) is 0. The minimum atomic E-state index is -2.41. The summed E-state index contributed by atoms with van der Waals surface area (Å²) in [6, 6.07) is 0.801. The maximum Gasteiger partial charge on any atom is 0.500 e. The van der Waals surface area contributed by atoms with Crippen molar-refractivity contribution in [2.45, 2.75) is 25.2 Å². The third kappa shape index (κ3) is 5.31. The Balaban J connectivity index is 2.06. The van der Waals surface area contributed by atoms with Crippen LogP contribution in [0.4, 0.5) is 0 Å². The van der Waals surface area contributed by atoms with Gasteiger partial charge in [-0.1, -0.05) is 0 Å². The van der Waals surface area contributed by atoms with E-state index in [0.717, 1.165) is 45.2 Å². The molecule has 0 saturated carbocycles. The van der Waals surface area contributed by atoms with Gasteiger partial charge in [-0.15, -0.1) is 0 Å². The van der Waals surface area contributed by atoms with Crippen LogP contribution < -0.4 is 5.32 Å². The van der Waals surface area contributed by atoms with E-state index in [-0.39, 0.29) is 6.29 Å². The molecule has 1 N–H and O–H groups in total. The van der Waals surface area contributed by atoms with Gasteiger partial charge in [0.2, 0.25) is 0 Å². The van der Waals surface area contributed by atoms with E-state index in [2.05, 4.69) is 5.32 Å². The first-order valence-electron chi connectivity index (χ1n) is 6.35. The van der Waals surface area contributed by atoms with Gasteiger partial charge in [0.15, 0.2) is 6.29 Å². The third-order valence-electron chi connectivity index (χ3n) is 2.98. The first-order chi connectivity index (χ1) is 8.76. The molecule has 1 rings (SSSR count). The smallest absolute Gasteiger partial charge is 0.377 e. The van der Waals surface area contributed by atoms with Crippen molar-refractivity contribution in [2.24, 2.45) is 0 Å². The summed E-state index contributed by atoms with van der Waals surface area (Å²) >= 11 is 0. The normalized spacial score (nSPS) is 18.2. The molecule has 108 valence electrons. The second kappa shape index (κ2) is 8.97. The zero-order chi connectivity index (χ0) is 13.3. The molecular weight excluding hydrogens is 254 g/mol. The van der Waals surface area contributed by atoms with Crippen molar-refractivity contribution in [3.05, 3.63) is 0 Å². The van der Waals surface area contributed by atoms with Crippen LogP contribution in [-0.2, 0) is 22.8 Å². The maximum atomic E-state index is 5.44. The molecule has 0 bridgehead atoms. The Morgan fingerprint density at radius 2 is 1.72 bits per heavy atom. The van der Waals surface area contributed by atoms with Gasteiger partial charge in [0.25, 0.3) is 0 Å². The first-order valence-corrected chi connectivity index (χ1v) is 8.29. The predicted molar refractivity (Wildman–Crippen MR) is 69.4 cm³/mol. The molecule has 0 amide bonds. The summed E-state index contributed by atoms with van der Waals surface area (Å²) < 4.78 is 26.9. The standard InChI is InChI=1S/C11H25NO5Si/c1-13-18(14-2,15-3)9-4-6-12-10-11-16-7-5-8-17-11/h11-12H,4-10H2,1-3H3. The van der Waals surface area contributed by atoms with Crippen molar-refractivity contribution in [1.29, 1.82) is 0 Å². The highest BCUT2D eigenvalue weighted by molar-refractivity contribution is 6.60. The Morgan fingerprint density at radius 3 is 2.28 bits per heavy atom. The van der Waals surface area contributed by atoms with Gasteiger partial charge in [0, 0.05) is 33.9 Å². The van der Waals surface area contributed by atoms with Gasteiger partial charge in [-0.25, -0.2) is 0 Å². The van der Waals surface area contributed by atoms with Crippen LogP contribution in [0.15, 0.2) is 0 Å². The number of hydrogen-bond donors (Lipinski definition) is 1. The van der Waals surface area contributed by atoms with Gasteiger partial charge in [-0.2, -0.15) is 0 Å². The van der Waals surface area contributed by atoms with Crippen molar-refractivity contribution in [3.63, 3.8) is 0 Å². The molecule has 0 unspecified atom stereocenters. The minimum Gasteiger partial charge on any atom is -0.377 e. The van der Waals surface area contributed by atoms with Crippen LogP contribution in [0.1, 0.15) is 12.8 Å². The lowest BCUT2D eigenvalue weighted by molar-refractivity contribution is -0.175. The Morgan fingerprint density at radius 1 is 1.11 bits per heavy atom. The summed E-state index contributed by atoms with van der Waals surface area (Å²) in [7, 11) is 2.50. The average Bonchev–Trinajstić information content (AvgIpc) is 2.45. The van der Waals surface area contributed by atoms with E-state index in [1.165, 1.54) is 0 Å². The Hall–Kier alpha value is -0.0231. The fourth-order valence-corrected chi connectivity index (χ4v) is 3.58. The first kappa shape index (κ1) is 16.0. The molecule has 1 aliphatic rings. The zero-order valence-electron chi connectivity index (χ0n) is 11.6. The molecule has 1 saturated heterocycles. The van der Waals surface area contributed by atoms with Crippen molar-refractivity contribution in [3.8, 4) is 0 Å². The lowest BCUT2D eigenvalue weighted by Crippen LogP contribution is -2.43. The van der Waals surface area contributed by atoms with E-state index in [9.17, 15) is 0 Å². The average molecular weight is 279 g/mol. The van der Waals surface area contributed by atoms with E-state index in [1.807, 2.05) is 0 Å². The van der Waals surface area contributed by atoms with Gasteiger partial charge in [0.1, 0.15) is 0 Å². The molecule has 0 aliphatic carbocycles. The Kier molecular flexibility index (Phi) is 7.99. The van der Waals surface area contributed by atoms with E-state index in [4.69, 9.17) is 22.8 Å². The van der Waals surface area contributed by atoms with Crippen LogP contribution in [0.25, 0.3) is 0 Å². The Labute approximate surface area is 110 Å². The molecule has 1 heterocycles. The molecule has 18 heavy (non-hydrogen) atoms. The summed E-state index contributed by atoms with van der Waals surface area (Å²) in [5, 5.41) is 3.31. The number of nitrogens with one attached hydrogen (secondary N) is 1.